The molecule has 2 N–H and O–H groups in total. The summed E-state index contributed by atoms with van der Waals surface area (Å²) in [5.74, 6) is 1.44. The number of benzene rings is 2. The van der Waals surface area contributed by atoms with Gasteiger partial charge in [0.25, 0.3) is 5.56 Å². The number of ether oxygens (including phenoxy) is 1. The molecule has 30 heavy (non-hydrogen) atoms. The molecule has 1 amide bonds. The zero-order chi connectivity index (χ0) is 20.7. The number of aromatic nitrogens is 2. The first-order valence-electron chi connectivity index (χ1n) is 10.2. The predicted molar refractivity (Wildman–Crippen MR) is 114 cm³/mol. The molecule has 4 atom stereocenters. The van der Waals surface area contributed by atoms with Crippen molar-refractivity contribution in [1.29, 1.82) is 0 Å². The smallest absolute Gasteiger partial charge is 0.258 e. The summed E-state index contributed by atoms with van der Waals surface area (Å²) in [5.41, 5.74) is 1.52. The summed E-state index contributed by atoms with van der Waals surface area (Å²) in [6, 6.07) is 15.0. The van der Waals surface area contributed by atoms with Crippen LogP contribution in [0.3, 0.4) is 0 Å². The monoisotopic (exact) mass is 401 g/mol. The molecule has 152 valence electrons. The second kappa shape index (κ2) is 7.44. The van der Waals surface area contributed by atoms with E-state index in [2.05, 4.69) is 22.5 Å². The standard InChI is InChI=1S/C24H23N3O3/c1-30-17-10-6-14(7-11-17)13-25-24(29)21-16-9-8-15(12-16)20(21)22-26-19-5-3-2-4-18(19)23(28)27-22/h2-11,15-16,20-21H,12-13H2,1H3,(H,25,29)(H,26,27,28)/t15-,16-,20+,21-/m0/s1. The maximum Gasteiger partial charge on any atom is 0.258 e. The molecule has 6 heteroatoms. The van der Waals surface area contributed by atoms with Gasteiger partial charge in [-0.25, -0.2) is 4.98 Å². The number of hydrogen-bond donors (Lipinski definition) is 2. The average molecular weight is 401 g/mol. The van der Waals surface area contributed by atoms with Gasteiger partial charge in [0.2, 0.25) is 5.91 Å². The Bertz CT molecular complexity index is 1180. The quantitative estimate of drug-likeness (QED) is 0.644. The van der Waals surface area contributed by atoms with Crippen molar-refractivity contribution in [3.63, 3.8) is 0 Å². The maximum absolute atomic E-state index is 13.2. The van der Waals surface area contributed by atoms with Crippen molar-refractivity contribution >= 4 is 16.8 Å². The Balaban J connectivity index is 1.40. The first-order chi connectivity index (χ1) is 14.6. The molecule has 3 aromatic rings. The first-order valence-corrected chi connectivity index (χ1v) is 10.2. The number of allylic oxidation sites excluding steroid dienone is 2. The van der Waals surface area contributed by atoms with Gasteiger partial charge >= 0.3 is 0 Å². The lowest BCUT2D eigenvalue weighted by atomic mass is 9.81. The molecule has 1 heterocycles. The summed E-state index contributed by atoms with van der Waals surface area (Å²) in [5, 5.41) is 3.65. The Kier molecular flexibility index (Phi) is 4.62. The highest BCUT2D eigenvalue weighted by Gasteiger charge is 2.49. The summed E-state index contributed by atoms with van der Waals surface area (Å²) >= 11 is 0. The molecule has 1 saturated carbocycles. The predicted octanol–water partition coefficient (Wildman–Crippen LogP) is 3.15. The van der Waals surface area contributed by atoms with Crippen LogP contribution in [-0.4, -0.2) is 23.0 Å². The number of H-pyrrole nitrogens is 1. The van der Waals surface area contributed by atoms with Gasteiger partial charge in [-0.1, -0.05) is 36.4 Å². The van der Waals surface area contributed by atoms with Crippen LogP contribution in [0.5, 0.6) is 5.75 Å². The van der Waals surface area contributed by atoms with Crippen molar-refractivity contribution in [2.24, 2.45) is 17.8 Å². The third kappa shape index (κ3) is 3.18. The molecule has 5 rings (SSSR count). The van der Waals surface area contributed by atoms with E-state index in [9.17, 15) is 9.59 Å². The third-order valence-corrected chi connectivity index (χ3v) is 6.33. The van der Waals surface area contributed by atoms with Crippen LogP contribution in [0.4, 0.5) is 0 Å². The number of rotatable bonds is 5. The molecule has 2 aliphatic carbocycles. The Labute approximate surface area is 174 Å². The average Bonchev–Trinajstić information content (AvgIpc) is 3.39. The van der Waals surface area contributed by atoms with Gasteiger partial charge < -0.3 is 15.0 Å². The molecule has 1 aromatic heterocycles. The molecule has 6 nitrogen and oxygen atoms in total. The van der Waals surface area contributed by atoms with E-state index in [0.29, 0.717) is 23.3 Å². The zero-order valence-electron chi connectivity index (χ0n) is 16.7. The fourth-order valence-electron chi connectivity index (χ4n) is 4.87. The van der Waals surface area contributed by atoms with Gasteiger partial charge in [0.1, 0.15) is 11.6 Å². The van der Waals surface area contributed by atoms with E-state index in [0.717, 1.165) is 17.7 Å². The van der Waals surface area contributed by atoms with Gasteiger partial charge in [-0.15, -0.1) is 0 Å². The molecule has 0 saturated heterocycles. The number of methoxy groups -OCH3 is 1. The van der Waals surface area contributed by atoms with E-state index in [1.54, 1.807) is 13.2 Å². The second-order valence-electron chi connectivity index (χ2n) is 8.03. The minimum Gasteiger partial charge on any atom is -0.497 e. The Morgan fingerprint density at radius 2 is 1.90 bits per heavy atom. The van der Waals surface area contributed by atoms with E-state index in [-0.39, 0.29) is 35.1 Å². The summed E-state index contributed by atoms with van der Waals surface area (Å²) in [4.78, 5) is 33.4. The van der Waals surface area contributed by atoms with Crippen LogP contribution in [0, 0.1) is 17.8 Å². The number of aromatic amines is 1. The number of amides is 1. The van der Waals surface area contributed by atoms with Gasteiger partial charge in [-0.3, -0.25) is 9.59 Å². The topological polar surface area (TPSA) is 84.1 Å². The zero-order valence-corrected chi connectivity index (χ0v) is 16.7. The van der Waals surface area contributed by atoms with Crippen molar-refractivity contribution in [1.82, 2.24) is 15.3 Å². The largest absolute Gasteiger partial charge is 0.497 e. The molecule has 0 spiro atoms. The minimum atomic E-state index is -0.234. The number of fused-ring (bicyclic) bond motifs is 3. The van der Waals surface area contributed by atoms with E-state index >= 15 is 0 Å². The van der Waals surface area contributed by atoms with Crippen molar-refractivity contribution in [2.45, 2.75) is 18.9 Å². The van der Waals surface area contributed by atoms with Gasteiger partial charge in [0.05, 0.1) is 23.9 Å². The number of carbonyl (C=O) groups excluding carboxylic acids is 1. The molecular formula is C24H23N3O3. The molecule has 2 aromatic carbocycles. The molecular weight excluding hydrogens is 378 g/mol. The summed E-state index contributed by atoms with van der Waals surface area (Å²) in [7, 11) is 1.63. The van der Waals surface area contributed by atoms with Crippen LogP contribution in [-0.2, 0) is 11.3 Å². The lowest BCUT2D eigenvalue weighted by Crippen LogP contribution is -2.37. The Hall–Kier alpha value is -3.41. The first kappa shape index (κ1) is 18.6. The van der Waals surface area contributed by atoms with Crippen molar-refractivity contribution in [2.75, 3.05) is 7.11 Å². The number of carbonyl (C=O) groups is 1. The Morgan fingerprint density at radius 3 is 2.70 bits per heavy atom. The van der Waals surface area contributed by atoms with Gasteiger partial charge in [0.15, 0.2) is 0 Å². The molecule has 2 aliphatic rings. The molecule has 0 unspecified atom stereocenters. The fourth-order valence-corrected chi connectivity index (χ4v) is 4.87. The van der Waals surface area contributed by atoms with Crippen molar-refractivity contribution in [3.05, 3.63) is 82.4 Å². The molecule has 2 bridgehead atoms. The Morgan fingerprint density at radius 1 is 1.13 bits per heavy atom. The van der Waals surface area contributed by atoms with E-state index < -0.39 is 0 Å². The highest BCUT2D eigenvalue weighted by Crippen LogP contribution is 2.52. The summed E-state index contributed by atoms with van der Waals surface area (Å²) in [6.07, 6.45) is 5.22. The molecule has 0 aliphatic heterocycles. The van der Waals surface area contributed by atoms with Gasteiger partial charge in [-0.05, 0) is 48.1 Å². The fraction of sp³-hybridized carbons (Fsp3) is 0.292. The van der Waals surface area contributed by atoms with Crippen LogP contribution in [0.25, 0.3) is 10.9 Å². The summed E-state index contributed by atoms with van der Waals surface area (Å²) < 4.78 is 5.18. The lowest BCUT2D eigenvalue weighted by molar-refractivity contribution is -0.126. The number of hydrogen-bond acceptors (Lipinski definition) is 4. The number of nitrogens with zero attached hydrogens (tertiary/aromatic N) is 1. The van der Waals surface area contributed by atoms with E-state index in [1.165, 1.54) is 0 Å². The van der Waals surface area contributed by atoms with E-state index in [4.69, 9.17) is 9.72 Å². The van der Waals surface area contributed by atoms with E-state index in [1.807, 2.05) is 42.5 Å². The SMILES string of the molecule is COc1ccc(CNC(=O)[C@@H]2[C@H](c3nc4ccccc4c(=O)[nH]3)[C@H]3C=C[C@H]2C3)cc1. The number of para-hydroxylation sites is 1. The second-order valence-corrected chi connectivity index (χ2v) is 8.03. The van der Waals surface area contributed by atoms with Gasteiger partial charge in [-0.2, -0.15) is 0 Å². The lowest BCUT2D eigenvalue weighted by Gasteiger charge is -2.26. The molecule has 1 fully saturated rings. The minimum absolute atomic E-state index is 0.00322. The highest BCUT2D eigenvalue weighted by atomic mass is 16.5. The van der Waals surface area contributed by atoms with Crippen LogP contribution >= 0.6 is 0 Å². The van der Waals surface area contributed by atoms with Crippen LogP contribution in [0.1, 0.15) is 23.7 Å². The van der Waals surface area contributed by atoms with Crippen molar-refractivity contribution < 1.29 is 9.53 Å². The van der Waals surface area contributed by atoms with Crippen LogP contribution < -0.4 is 15.6 Å². The van der Waals surface area contributed by atoms with Gasteiger partial charge in [0, 0.05) is 12.5 Å². The highest BCUT2D eigenvalue weighted by molar-refractivity contribution is 5.82. The number of nitrogens with one attached hydrogen (secondary N) is 2. The van der Waals surface area contributed by atoms with Crippen molar-refractivity contribution in [3.8, 4) is 5.75 Å². The van der Waals surface area contributed by atoms with Crippen LogP contribution in [0.15, 0.2) is 65.5 Å². The normalized spacial score (nSPS) is 24.3. The molecule has 0 radical (unpaired) electrons. The summed E-state index contributed by atoms with van der Waals surface area (Å²) in [6.45, 7) is 0.453. The van der Waals surface area contributed by atoms with Crippen LogP contribution in [0.2, 0.25) is 0 Å². The maximum atomic E-state index is 13.2. The third-order valence-electron chi connectivity index (χ3n) is 6.33.